The molecule has 0 unspecified atom stereocenters. The Balaban J connectivity index is 1.53. The lowest BCUT2D eigenvalue weighted by atomic mass is 9.99. The smallest absolute Gasteiger partial charge is 0.255 e. The first-order valence-corrected chi connectivity index (χ1v) is 9.55. The predicted molar refractivity (Wildman–Crippen MR) is 113 cm³/mol. The van der Waals surface area contributed by atoms with Crippen LogP contribution in [-0.2, 0) is 6.42 Å². The van der Waals surface area contributed by atoms with Gasteiger partial charge in [-0.1, -0.05) is 48.0 Å². The van der Waals surface area contributed by atoms with Crippen LogP contribution in [0.2, 0.25) is 0 Å². The van der Waals surface area contributed by atoms with Crippen LogP contribution in [0, 0.1) is 20.8 Å². The number of aromatic nitrogens is 1. The highest BCUT2D eigenvalue weighted by Crippen LogP contribution is 2.32. The molecule has 0 aliphatic heterocycles. The third-order valence-corrected chi connectivity index (χ3v) is 5.18. The molecular formula is C24H24N2O2. The maximum absolute atomic E-state index is 13.0. The summed E-state index contributed by atoms with van der Waals surface area (Å²) in [6.45, 7) is 6.37. The number of aromatic amines is 1. The van der Waals surface area contributed by atoms with Crippen LogP contribution in [0.4, 0.5) is 0 Å². The average Bonchev–Trinajstić information content (AvgIpc) is 3.23. The van der Waals surface area contributed by atoms with Gasteiger partial charge in [-0.25, -0.2) is 0 Å². The molecule has 4 rings (SSSR count). The highest BCUT2D eigenvalue weighted by Gasteiger charge is 2.22. The molecule has 0 aliphatic rings. The number of rotatable bonds is 5. The van der Waals surface area contributed by atoms with Crippen LogP contribution in [0.3, 0.4) is 0 Å². The monoisotopic (exact) mass is 372 g/mol. The number of benzene rings is 2. The summed E-state index contributed by atoms with van der Waals surface area (Å²) >= 11 is 0. The number of furan rings is 1. The highest BCUT2D eigenvalue weighted by atomic mass is 16.3. The lowest BCUT2D eigenvalue weighted by Gasteiger charge is -2.08. The Morgan fingerprint density at radius 3 is 2.54 bits per heavy atom. The van der Waals surface area contributed by atoms with E-state index in [-0.39, 0.29) is 5.91 Å². The number of amides is 1. The summed E-state index contributed by atoms with van der Waals surface area (Å²) in [5.41, 5.74) is 6.01. The first-order valence-electron chi connectivity index (χ1n) is 9.55. The third-order valence-electron chi connectivity index (χ3n) is 5.18. The molecule has 2 aromatic carbocycles. The van der Waals surface area contributed by atoms with Crippen LogP contribution < -0.4 is 5.32 Å². The molecule has 1 amide bonds. The van der Waals surface area contributed by atoms with Crippen molar-refractivity contribution < 1.29 is 9.21 Å². The van der Waals surface area contributed by atoms with Gasteiger partial charge in [-0.2, -0.15) is 0 Å². The Morgan fingerprint density at radius 2 is 1.75 bits per heavy atom. The van der Waals surface area contributed by atoms with Gasteiger partial charge in [0.15, 0.2) is 0 Å². The fourth-order valence-corrected chi connectivity index (χ4v) is 3.76. The number of nitrogens with one attached hydrogen (secondary N) is 2. The van der Waals surface area contributed by atoms with E-state index in [1.165, 1.54) is 16.5 Å². The van der Waals surface area contributed by atoms with Gasteiger partial charge in [-0.3, -0.25) is 4.79 Å². The topological polar surface area (TPSA) is 58.0 Å². The second-order valence-electron chi connectivity index (χ2n) is 7.20. The molecule has 0 saturated heterocycles. The largest absolute Gasteiger partial charge is 0.465 e. The fourth-order valence-electron chi connectivity index (χ4n) is 3.76. The van der Waals surface area contributed by atoms with E-state index in [0.29, 0.717) is 17.9 Å². The molecular weight excluding hydrogens is 348 g/mol. The number of para-hydroxylation sites is 1. The Labute approximate surface area is 164 Å². The van der Waals surface area contributed by atoms with Gasteiger partial charge in [0.2, 0.25) is 0 Å². The van der Waals surface area contributed by atoms with E-state index in [0.717, 1.165) is 28.8 Å². The zero-order valence-corrected chi connectivity index (χ0v) is 16.4. The van der Waals surface area contributed by atoms with Crippen molar-refractivity contribution in [1.82, 2.24) is 10.3 Å². The molecule has 0 bridgehead atoms. The minimum atomic E-state index is -0.0928. The Bertz CT molecular complexity index is 1130. The van der Waals surface area contributed by atoms with E-state index < -0.39 is 0 Å². The van der Waals surface area contributed by atoms with E-state index in [4.69, 9.17) is 4.42 Å². The lowest BCUT2D eigenvalue weighted by molar-refractivity contribution is 0.0953. The van der Waals surface area contributed by atoms with Crippen LogP contribution in [-0.4, -0.2) is 17.4 Å². The summed E-state index contributed by atoms with van der Waals surface area (Å²) in [5.74, 6) is 1.32. The molecule has 2 N–H and O–H groups in total. The van der Waals surface area contributed by atoms with Gasteiger partial charge in [-0.15, -0.1) is 0 Å². The Morgan fingerprint density at radius 1 is 1.00 bits per heavy atom. The van der Waals surface area contributed by atoms with E-state index >= 15 is 0 Å². The van der Waals surface area contributed by atoms with Crippen LogP contribution in [0.25, 0.3) is 22.0 Å². The zero-order valence-electron chi connectivity index (χ0n) is 16.4. The second-order valence-corrected chi connectivity index (χ2v) is 7.20. The summed E-state index contributed by atoms with van der Waals surface area (Å²) in [7, 11) is 0. The van der Waals surface area contributed by atoms with Gasteiger partial charge < -0.3 is 14.7 Å². The number of carbonyl (C=O) groups excluding carboxylic acids is 1. The van der Waals surface area contributed by atoms with Crippen molar-refractivity contribution in [3.8, 4) is 11.1 Å². The molecule has 0 fully saturated rings. The third kappa shape index (κ3) is 3.33. The van der Waals surface area contributed by atoms with Crippen molar-refractivity contribution in [2.75, 3.05) is 6.54 Å². The van der Waals surface area contributed by atoms with Crippen LogP contribution >= 0.6 is 0 Å². The van der Waals surface area contributed by atoms with Crippen LogP contribution in [0.5, 0.6) is 0 Å². The summed E-state index contributed by atoms with van der Waals surface area (Å²) in [6.07, 6.45) is 2.79. The maximum atomic E-state index is 13.0. The summed E-state index contributed by atoms with van der Waals surface area (Å²) in [4.78, 5) is 16.2. The van der Waals surface area contributed by atoms with Crippen molar-refractivity contribution in [3.63, 3.8) is 0 Å². The molecule has 4 aromatic rings. The fraction of sp³-hybridized carbons (Fsp3) is 0.208. The van der Waals surface area contributed by atoms with Crippen molar-refractivity contribution in [1.29, 1.82) is 0 Å². The first kappa shape index (κ1) is 18.1. The minimum Gasteiger partial charge on any atom is -0.465 e. The van der Waals surface area contributed by atoms with Crippen LogP contribution in [0.1, 0.15) is 33.0 Å². The molecule has 0 atom stereocenters. The average molecular weight is 372 g/mol. The van der Waals surface area contributed by atoms with E-state index in [1.807, 2.05) is 44.3 Å². The van der Waals surface area contributed by atoms with E-state index in [1.54, 1.807) is 0 Å². The zero-order chi connectivity index (χ0) is 19.7. The molecule has 4 heteroatoms. The van der Waals surface area contributed by atoms with Gasteiger partial charge in [0.05, 0.1) is 5.56 Å². The Kier molecular flexibility index (Phi) is 4.78. The normalized spacial score (nSPS) is 11.1. The van der Waals surface area contributed by atoms with E-state index in [9.17, 15) is 4.79 Å². The van der Waals surface area contributed by atoms with Crippen molar-refractivity contribution in [2.45, 2.75) is 27.2 Å². The molecule has 0 radical (unpaired) electrons. The highest BCUT2D eigenvalue weighted by molar-refractivity contribution is 6.02. The maximum Gasteiger partial charge on any atom is 0.255 e. The number of aryl methyl sites for hydroxylation is 3. The van der Waals surface area contributed by atoms with Gasteiger partial charge in [0.25, 0.3) is 5.91 Å². The van der Waals surface area contributed by atoms with Crippen molar-refractivity contribution in [2.24, 2.45) is 0 Å². The number of fused-ring (bicyclic) bond motifs is 1. The second kappa shape index (κ2) is 7.39. The predicted octanol–water partition coefficient (Wildman–Crippen LogP) is 5.33. The van der Waals surface area contributed by atoms with Crippen molar-refractivity contribution >= 4 is 16.8 Å². The molecule has 2 heterocycles. The summed E-state index contributed by atoms with van der Waals surface area (Å²) in [5, 5.41) is 4.27. The minimum absolute atomic E-state index is 0.0928. The quantitative estimate of drug-likeness (QED) is 0.498. The van der Waals surface area contributed by atoms with Gasteiger partial charge in [0, 0.05) is 29.2 Å². The number of carbonyl (C=O) groups is 1. The van der Waals surface area contributed by atoms with Gasteiger partial charge in [0.1, 0.15) is 11.5 Å². The molecule has 0 aliphatic carbocycles. The summed E-state index contributed by atoms with van der Waals surface area (Å²) in [6, 6.07) is 16.4. The van der Waals surface area contributed by atoms with Gasteiger partial charge >= 0.3 is 0 Å². The number of hydrogen-bond donors (Lipinski definition) is 2. The first-order chi connectivity index (χ1) is 13.5. The molecule has 28 heavy (non-hydrogen) atoms. The molecule has 142 valence electrons. The van der Waals surface area contributed by atoms with E-state index in [2.05, 4.69) is 41.5 Å². The number of H-pyrrole nitrogens is 1. The van der Waals surface area contributed by atoms with Crippen LogP contribution in [0.15, 0.2) is 59.1 Å². The van der Waals surface area contributed by atoms with Crippen molar-refractivity contribution in [3.05, 3.63) is 82.9 Å². The standard InChI is InChI=1S/C24H24N2O2/c1-15-8-10-18(11-9-15)22-16(2)28-17(3)23(22)24(27)25-13-12-19-14-26-21-7-5-4-6-20(19)21/h4-11,14,26H,12-13H2,1-3H3,(H,25,27). The number of hydrogen-bond acceptors (Lipinski definition) is 2. The van der Waals surface area contributed by atoms with Gasteiger partial charge in [-0.05, 0) is 44.4 Å². The molecule has 0 saturated carbocycles. The lowest BCUT2D eigenvalue weighted by Crippen LogP contribution is -2.26. The Hall–Kier alpha value is -3.27. The summed E-state index contributed by atoms with van der Waals surface area (Å²) < 4.78 is 5.80. The molecule has 2 aromatic heterocycles. The molecule has 4 nitrogen and oxygen atoms in total. The SMILES string of the molecule is Cc1ccc(-c2c(C)oc(C)c2C(=O)NCCc2c[nH]c3ccccc23)cc1. The molecule has 0 spiro atoms.